The molecule has 2 aromatic carbocycles. The van der Waals surface area contributed by atoms with Gasteiger partial charge in [0.1, 0.15) is 0 Å². The Hall–Kier alpha value is -1.70. The summed E-state index contributed by atoms with van der Waals surface area (Å²) < 4.78 is 4.03. The topological polar surface area (TPSA) is 62.5 Å². The van der Waals surface area contributed by atoms with Crippen molar-refractivity contribution in [3.8, 4) is 0 Å². The van der Waals surface area contributed by atoms with Crippen molar-refractivity contribution in [1.82, 2.24) is 9.47 Å². The molecule has 1 aliphatic heterocycles. The Morgan fingerprint density at radius 1 is 1.03 bits per heavy atom. The molecule has 0 unspecified atom stereocenters. The predicted molar refractivity (Wildman–Crippen MR) is 121 cm³/mol. The van der Waals surface area contributed by atoms with Crippen molar-refractivity contribution in [2.24, 2.45) is 5.92 Å². The summed E-state index contributed by atoms with van der Waals surface area (Å²) in [4.78, 5) is 26.2. The van der Waals surface area contributed by atoms with E-state index in [1.54, 1.807) is 0 Å². The summed E-state index contributed by atoms with van der Waals surface area (Å²) in [5.41, 5.74) is 2.00. The van der Waals surface area contributed by atoms with E-state index in [1.807, 2.05) is 31.2 Å². The number of aliphatic hydroxyl groups excluding tert-OH is 1. The molecule has 1 aliphatic rings. The van der Waals surface area contributed by atoms with Crippen molar-refractivity contribution < 1.29 is 14.7 Å². The van der Waals surface area contributed by atoms with Crippen LogP contribution in [0.15, 0.2) is 45.3 Å². The van der Waals surface area contributed by atoms with E-state index in [0.717, 1.165) is 37.2 Å². The summed E-state index contributed by atoms with van der Waals surface area (Å²) in [5, 5.41) is 13.0. The van der Waals surface area contributed by atoms with E-state index in [1.165, 1.54) is 4.90 Å². The van der Waals surface area contributed by atoms with E-state index >= 15 is 0 Å². The molecule has 7 heteroatoms. The number of aliphatic hydroxyl groups is 1. The quantitative estimate of drug-likeness (QED) is 0.499. The average molecular weight is 522 g/mol. The highest BCUT2D eigenvalue weighted by atomic mass is 79.9. The first-order valence-corrected chi connectivity index (χ1v) is 11.3. The van der Waals surface area contributed by atoms with Crippen molar-refractivity contribution in [3.63, 3.8) is 0 Å². The van der Waals surface area contributed by atoms with E-state index in [0.29, 0.717) is 19.4 Å². The van der Waals surface area contributed by atoms with E-state index in [2.05, 4.69) is 48.6 Å². The molecule has 1 N–H and O–H groups in total. The van der Waals surface area contributed by atoms with Gasteiger partial charge in [0.05, 0.1) is 19.2 Å². The van der Waals surface area contributed by atoms with Gasteiger partial charge in [-0.1, -0.05) is 38.8 Å². The number of carbonyl (C=O) groups is 2. The standard InChI is InChI=1S/C22H22Br2N2O3/c1-13-3-2-4-21(28)26(22(13)29)12-16(27)11-25-19-7-5-14(23)9-17(19)18-10-15(24)6-8-20(18)25/h5-10,13,16,27H,2-4,11-12H2,1H3/t13-,16+/m0/s1. The van der Waals surface area contributed by atoms with Gasteiger partial charge in [0.2, 0.25) is 11.8 Å². The molecule has 0 radical (unpaired) electrons. The van der Waals surface area contributed by atoms with Crippen LogP contribution in [0.1, 0.15) is 26.2 Å². The number of halogens is 2. The van der Waals surface area contributed by atoms with Crippen molar-refractivity contribution in [3.05, 3.63) is 45.3 Å². The lowest BCUT2D eigenvalue weighted by Crippen LogP contribution is -2.43. The predicted octanol–water partition coefficient (Wildman–Crippen LogP) is 4.86. The van der Waals surface area contributed by atoms with Crippen LogP contribution in [0.3, 0.4) is 0 Å². The van der Waals surface area contributed by atoms with Crippen LogP contribution in [0.5, 0.6) is 0 Å². The van der Waals surface area contributed by atoms with Gasteiger partial charge < -0.3 is 9.67 Å². The highest BCUT2D eigenvalue weighted by Crippen LogP contribution is 2.33. The maximum Gasteiger partial charge on any atom is 0.232 e. The molecule has 29 heavy (non-hydrogen) atoms. The van der Waals surface area contributed by atoms with Gasteiger partial charge >= 0.3 is 0 Å². The third-order valence-corrected chi connectivity index (χ3v) is 6.58. The van der Waals surface area contributed by atoms with Crippen molar-refractivity contribution in [1.29, 1.82) is 0 Å². The number of hydrogen-bond donors (Lipinski definition) is 1. The van der Waals surface area contributed by atoms with Gasteiger partial charge in [-0.05, 0) is 49.2 Å². The number of nitrogens with zero attached hydrogens (tertiary/aromatic N) is 2. The first kappa shape index (κ1) is 20.6. The van der Waals surface area contributed by atoms with Gasteiger partial charge in [0.15, 0.2) is 0 Å². The fourth-order valence-electron chi connectivity index (χ4n) is 4.12. The second-order valence-electron chi connectivity index (χ2n) is 7.72. The number of imide groups is 1. The Morgan fingerprint density at radius 3 is 2.21 bits per heavy atom. The summed E-state index contributed by atoms with van der Waals surface area (Å²) in [7, 11) is 0. The molecule has 1 saturated heterocycles. The second-order valence-corrected chi connectivity index (χ2v) is 9.55. The Morgan fingerprint density at radius 2 is 1.62 bits per heavy atom. The number of hydrogen-bond acceptors (Lipinski definition) is 3. The summed E-state index contributed by atoms with van der Waals surface area (Å²) in [6.45, 7) is 2.17. The molecule has 3 aromatic rings. The van der Waals surface area contributed by atoms with Gasteiger partial charge in [-0.25, -0.2) is 0 Å². The number of aromatic nitrogens is 1. The molecule has 1 aromatic heterocycles. The van der Waals surface area contributed by atoms with Crippen LogP contribution in [0.2, 0.25) is 0 Å². The molecular formula is C22H22Br2N2O3. The molecule has 152 valence electrons. The highest BCUT2D eigenvalue weighted by molar-refractivity contribution is 9.10. The highest BCUT2D eigenvalue weighted by Gasteiger charge is 2.30. The number of likely N-dealkylation sites (tertiary alicyclic amines) is 1. The Kier molecular flexibility index (Phi) is 5.82. The number of amides is 2. The van der Waals surface area contributed by atoms with Crippen LogP contribution in [0.4, 0.5) is 0 Å². The molecule has 2 heterocycles. The van der Waals surface area contributed by atoms with Crippen molar-refractivity contribution in [2.75, 3.05) is 6.54 Å². The molecule has 4 rings (SSSR count). The average Bonchev–Trinajstić information content (AvgIpc) is 2.91. The Balaban J connectivity index is 1.68. The van der Waals surface area contributed by atoms with Gasteiger partial charge in [-0.3, -0.25) is 14.5 Å². The minimum absolute atomic E-state index is 0.0240. The third-order valence-electron chi connectivity index (χ3n) is 5.59. The minimum Gasteiger partial charge on any atom is -0.389 e. The van der Waals surface area contributed by atoms with Crippen LogP contribution in [-0.2, 0) is 16.1 Å². The first-order valence-electron chi connectivity index (χ1n) is 9.74. The lowest BCUT2D eigenvalue weighted by molar-refractivity contribution is -0.147. The monoisotopic (exact) mass is 520 g/mol. The molecule has 0 saturated carbocycles. The molecule has 0 spiro atoms. The zero-order chi connectivity index (χ0) is 20.7. The van der Waals surface area contributed by atoms with Crippen LogP contribution in [-0.4, -0.2) is 39.0 Å². The van der Waals surface area contributed by atoms with Crippen LogP contribution >= 0.6 is 31.9 Å². The zero-order valence-electron chi connectivity index (χ0n) is 16.1. The van der Waals surface area contributed by atoms with Gasteiger partial charge in [0.25, 0.3) is 0 Å². The third kappa shape index (κ3) is 4.00. The first-order chi connectivity index (χ1) is 13.8. The number of rotatable bonds is 4. The van der Waals surface area contributed by atoms with E-state index < -0.39 is 6.10 Å². The number of benzene rings is 2. The number of β-amino-alcohol motifs (C(OH)–C–C–N with tert-alkyl or cyclic N) is 1. The summed E-state index contributed by atoms with van der Waals surface area (Å²) in [6.07, 6.45) is 0.947. The maximum atomic E-state index is 12.6. The van der Waals surface area contributed by atoms with Crippen LogP contribution in [0.25, 0.3) is 21.8 Å². The molecular weight excluding hydrogens is 500 g/mol. The fraction of sp³-hybridized carbons (Fsp3) is 0.364. The largest absolute Gasteiger partial charge is 0.389 e. The van der Waals surface area contributed by atoms with Gasteiger partial charge in [-0.2, -0.15) is 0 Å². The Bertz CT molecular complexity index is 1050. The second kappa shape index (κ2) is 8.20. The summed E-state index contributed by atoms with van der Waals surface area (Å²) in [5.74, 6) is -0.549. The van der Waals surface area contributed by atoms with Crippen molar-refractivity contribution in [2.45, 2.75) is 38.8 Å². The fourth-order valence-corrected chi connectivity index (χ4v) is 4.85. The molecule has 2 amide bonds. The molecule has 0 bridgehead atoms. The van der Waals surface area contributed by atoms with Gasteiger partial charge in [-0.15, -0.1) is 0 Å². The number of fused-ring (bicyclic) bond motifs is 3. The zero-order valence-corrected chi connectivity index (χ0v) is 19.2. The smallest absolute Gasteiger partial charge is 0.232 e. The van der Waals surface area contributed by atoms with E-state index in [9.17, 15) is 14.7 Å². The maximum absolute atomic E-state index is 12.6. The Labute approximate surface area is 185 Å². The molecule has 0 aliphatic carbocycles. The molecule has 5 nitrogen and oxygen atoms in total. The van der Waals surface area contributed by atoms with Crippen LogP contribution < -0.4 is 0 Å². The summed E-state index contributed by atoms with van der Waals surface area (Å²) in [6, 6.07) is 12.1. The van der Waals surface area contributed by atoms with Crippen molar-refractivity contribution >= 4 is 65.5 Å². The summed E-state index contributed by atoms with van der Waals surface area (Å²) >= 11 is 7.07. The lowest BCUT2D eigenvalue weighted by atomic mass is 10.1. The lowest BCUT2D eigenvalue weighted by Gasteiger charge is -2.24. The molecule has 1 fully saturated rings. The minimum atomic E-state index is -0.848. The van der Waals surface area contributed by atoms with E-state index in [4.69, 9.17) is 0 Å². The molecule has 2 atom stereocenters. The van der Waals surface area contributed by atoms with E-state index in [-0.39, 0.29) is 24.3 Å². The number of carbonyl (C=O) groups excluding carboxylic acids is 2. The van der Waals surface area contributed by atoms with Gasteiger partial charge in [0, 0.05) is 43.1 Å². The van der Waals surface area contributed by atoms with Crippen LogP contribution in [0, 0.1) is 5.92 Å². The SMILES string of the molecule is C[C@H]1CCCC(=O)N(C[C@H](O)Cn2c3ccc(Br)cc3c3cc(Br)ccc32)C1=O. The normalized spacial score (nSPS) is 19.2.